The van der Waals surface area contributed by atoms with Crippen LogP contribution in [0, 0.1) is 13.8 Å². The van der Waals surface area contributed by atoms with Crippen molar-refractivity contribution in [2.24, 2.45) is 0 Å². The molecule has 1 heterocycles. The fraction of sp³-hybridized carbons (Fsp3) is 0.368. The van der Waals surface area contributed by atoms with Gasteiger partial charge in [-0.1, -0.05) is 24.3 Å². The van der Waals surface area contributed by atoms with Crippen molar-refractivity contribution in [1.29, 1.82) is 0 Å². The third-order valence-corrected chi connectivity index (χ3v) is 4.47. The van der Waals surface area contributed by atoms with Crippen LogP contribution in [0.15, 0.2) is 42.5 Å². The van der Waals surface area contributed by atoms with Gasteiger partial charge in [0.05, 0.1) is 6.04 Å². The summed E-state index contributed by atoms with van der Waals surface area (Å²) in [7, 11) is 0. The normalized spacial score (nSPS) is 22.0. The molecule has 4 nitrogen and oxygen atoms in total. The van der Waals surface area contributed by atoms with E-state index in [4.69, 9.17) is 10.5 Å². The maximum absolute atomic E-state index is 6.19. The lowest BCUT2D eigenvalue weighted by atomic mass is 9.99. The van der Waals surface area contributed by atoms with Gasteiger partial charge in [0.15, 0.2) is 0 Å². The molecular weight excluding hydrogens is 286 g/mol. The van der Waals surface area contributed by atoms with Crippen LogP contribution in [-0.4, -0.2) is 12.1 Å². The monoisotopic (exact) mass is 311 g/mol. The molecule has 3 rings (SSSR count). The Bertz CT molecular complexity index is 686. The summed E-state index contributed by atoms with van der Waals surface area (Å²) < 4.78 is 6.19. The molecule has 1 fully saturated rings. The van der Waals surface area contributed by atoms with Gasteiger partial charge in [-0.15, -0.1) is 0 Å². The van der Waals surface area contributed by atoms with Crippen LogP contribution in [0.4, 0.5) is 5.69 Å². The van der Waals surface area contributed by atoms with Crippen LogP contribution >= 0.6 is 0 Å². The molecule has 0 aromatic heterocycles. The van der Waals surface area contributed by atoms with E-state index < -0.39 is 0 Å². The molecule has 0 amide bonds. The summed E-state index contributed by atoms with van der Waals surface area (Å²) >= 11 is 0. The van der Waals surface area contributed by atoms with Crippen molar-refractivity contribution < 1.29 is 4.74 Å². The number of hydrogen-bond donors (Lipinski definition) is 3. The average molecular weight is 311 g/mol. The van der Waals surface area contributed by atoms with Crippen molar-refractivity contribution in [2.75, 3.05) is 5.73 Å². The van der Waals surface area contributed by atoms with Gasteiger partial charge in [0, 0.05) is 11.7 Å². The molecule has 1 aliphatic heterocycles. The largest absolute Gasteiger partial charge is 0.489 e. The van der Waals surface area contributed by atoms with Crippen LogP contribution in [0.2, 0.25) is 0 Å². The quantitative estimate of drug-likeness (QED) is 0.759. The third kappa shape index (κ3) is 3.66. The van der Waals surface area contributed by atoms with Gasteiger partial charge in [0.1, 0.15) is 11.9 Å². The van der Waals surface area contributed by atoms with Crippen LogP contribution in [0.3, 0.4) is 0 Å². The minimum atomic E-state index is 0.0778. The van der Waals surface area contributed by atoms with Gasteiger partial charge in [-0.05, 0) is 62.1 Å². The molecule has 4 N–H and O–H groups in total. The summed E-state index contributed by atoms with van der Waals surface area (Å²) in [5.74, 6) is 0.965. The highest BCUT2D eigenvalue weighted by Gasteiger charge is 2.30. The van der Waals surface area contributed by atoms with Crippen molar-refractivity contribution in [3.8, 4) is 5.75 Å². The smallest absolute Gasteiger partial charge is 0.122 e. The Morgan fingerprint density at radius 1 is 1.13 bits per heavy atom. The molecule has 1 saturated heterocycles. The standard InChI is InChI=1S/C19H25N3O/c1-12-7-8-13(2)19(9-12)23-14(3)17-11-18(22-21-17)15-5-4-6-16(20)10-15/h4-10,14,17-18,21-22H,11,20H2,1-3H3. The topological polar surface area (TPSA) is 59.3 Å². The Kier molecular flexibility index (Phi) is 4.55. The number of ether oxygens (including phenoxy) is 1. The number of aryl methyl sites for hydroxylation is 2. The Balaban J connectivity index is 1.65. The average Bonchev–Trinajstić information content (AvgIpc) is 3.01. The number of hydrazine groups is 1. The van der Waals surface area contributed by atoms with E-state index in [1.165, 1.54) is 16.7 Å². The molecule has 23 heavy (non-hydrogen) atoms. The molecule has 2 aromatic rings. The first-order chi connectivity index (χ1) is 11.0. The summed E-state index contributed by atoms with van der Waals surface area (Å²) in [4.78, 5) is 0. The molecular formula is C19H25N3O. The predicted octanol–water partition coefficient (Wildman–Crippen LogP) is 3.26. The van der Waals surface area contributed by atoms with Gasteiger partial charge >= 0.3 is 0 Å². The Morgan fingerprint density at radius 2 is 1.96 bits per heavy atom. The molecule has 0 bridgehead atoms. The van der Waals surface area contributed by atoms with Crippen molar-refractivity contribution >= 4 is 5.69 Å². The highest BCUT2D eigenvalue weighted by atomic mass is 16.5. The SMILES string of the molecule is Cc1ccc(C)c(OC(C)C2CC(c3cccc(N)c3)NN2)c1. The van der Waals surface area contributed by atoms with Gasteiger partial charge in [-0.2, -0.15) is 0 Å². The molecule has 0 saturated carbocycles. The van der Waals surface area contributed by atoms with Crippen molar-refractivity contribution in [2.45, 2.75) is 45.4 Å². The van der Waals surface area contributed by atoms with E-state index in [1.807, 2.05) is 18.2 Å². The van der Waals surface area contributed by atoms with E-state index in [0.29, 0.717) is 0 Å². The zero-order chi connectivity index (χ0) is 16.4. The predicted molar refractivity (Wildman–Crippen MR) is 94.3 cm³/mol. The van der Waals surface area contributed by atoms with Crippen LogP contribution in [0.5, 0.6) is 5.75 Å². The highest BCUT2D eigenvalue weighted by Crippen LogP contribution is 2.27. The van der Waals surface area contributed by atoms with E-state index in [-0.39, 0.29) is 18.2 Å². The molecule has 1 aliphatic rings. The lowest BCUT2D eigenvalue weighted by Crippen LogP contribution is -2.40. The van der Waals surface area contributed by atoms with Crippen molar-refractivity contribution in [1.82, 2.24) is 10.9 Å². The van der Waals surface area contributed by atoms with Crippen molar-refractivity contribution in [3.05, 3.63) is 59.2 Å². The van der Waals surface area contributed by atoms with Crippen LogP contribution in [0.25, 0.3) is 0 Å². The molecule has 122 valence electrons. The van der Waals surface area contributed by atoms with Gasteiger partial charge in [0.2, 0.25) is 0 Å². The summed E-state index contributed by atoms with van der Waals surface area (Å²) in [6.07, 6.45) is 1.05. The number of anilines is 1. The molecule has 0 aliphatic carbocycles. The summed E-state index contributed by atoms with van der Waals surface area (Å²) in [5, 5.41) is 0. The number of rotatable bonds is 4. The number of benzene rings is 2. The second kappa shape index (κ2) is 6.60. The fourth-order valence-corrected chi connectivity index (χ4v) is 3.00. The number of nitrogens with two attached hydrogens (primary N) is 1. The van der Waals surface area contributed by atoms with Crippen LogP contribution < -0.4 is 21.3 Å². The minimum Gasteiger partial charge on any atom is -0.489 e. The lowest BCUT2D eigenvalue weighted by molar-refractivity contribution is 0.175. The van der Waals surface area contributed by atoms with E-state index >= 15 is 0 Å². The maximum Gasteiger partial charge on any atom is 0.122 e. The van der Waals surface area contributed by atoms with Gasteiger partial charge < -0.3 is 10.5 Å². The summed E-state index contributed by atoms with van der Waals surface area (Å²) in [5.41, 5.74) is 17.0. The molecule has 4 heteroatoms. The number of nitrogen functional groups attached to an aromatic ring is 1. The van der Waals surface area contributed by atoms with E-state index in [2.05, 4.69) is 55.9 Å². The Labute approximate surface area is 138 Å². The molecule has 0 spiro atoms. The number of hydrogen-bond acceptors (Lipinski definition) is 4. The zero-order valence-electron chi connectivity index (χ0n) is 14.0. The maximum atomic E-state index is 6.19. The number of nitrogens with one attached hydrogen (secondary N) is 2. The molecule has 3 atom stereocenters. The van der Waals surface area contributed by atoms with E-state index in [0.717, 1.165) is 17.9 Å². The van der Waals surface area contributed by atoms with Gasteiger partial charge in [0.25, 0.3) is 0 Å². The second-order valence-corrected chi connectivity index (χ2v) is 6.45. The molecule has 0 radical (unpaired) electrons. The zero-order valence-corrected chi connectivity index (χ0v) is 14.0. The summed E-state index contributed by atoms with van der Waals surface area (Å²) in [6, 6.07) is 14.9. The molecule has 3 unspecified atom stereocenters. The lowest BCUT2D eigenvalue weighted by Gasteiger charge is -2.22. The Hall–Kier alpha value is -2.04. The van der Waals surface area contributed by atoms with Crippen molar-refractivity contribution in [3.63, 3.8) is 0 Å². The highest BCUT2D eigenvalue weighted by molar-refractivity contribution is 5.42. The summed E-state index contributed by atoms with van der Waals surface area (Å²) in [6.45, 7) is 6.28. The van der Waals surface area contributed by atoms with Gasteiger partial charge in [-0.25, -0.2) is 5.43 Å². The third-order valence-electron chi connectivity index (χ3n) is 4.47. The Morgan fingerprint density at radius 3 is 2.74 bits per heavy atom. The first kappa shape index (κ1) is 15.8. The van der Waals surface area contributed by atoms with Crippen LogP contribution in [0.1, 0.15) is 36.1 Å². The second-order valence-electron chi connectivity index (χ2n) is 6.45. The fourth-order valence-electron chi connectivity index (χ4n) is 3.00. The van der Waals surface area contributed by atoms with E-state index in [9.17, 15) is 0 Å². The van der Waals surface area contributed by atoms with E-state index in [1.54, 1.807) is 0 Å². The minimum absolute atomic E-state index is 0.0778. The first-order valence-corrected chi connectivity index (χ1v) is 8.13. The molecule has 2 aromatic carbocycles. The van der Waals surface area contributed by atoms with Crippen LogP contribution in [-0.2, 0) is 0 Å². The van der Waals surface area contributed by atoms with Gasteiger partial charge in [-0.3, -0.25) is 5.43 Å². The first-order valence-electron chi connectivity index (χ1n) is 8.13.